The highest BCUT2D eigenvalue weighted by molar-refractivity contribution is 5.93. The van der Waals surface area contributed by atoms with Gasteiger partial charge in [0.25, 0.3) is 0 Å². The van der Waals surface area contributed by atoms with Crippen LogP contribution in [0.15, 0.2) is 18.2 Å². The van der Waals surface area contributed by atoms with E-state index in [1.54, 1.807) is 32.2 Å². The van der Waals surface area contributed by atoms with Crippen molar-refractivity contribution in [3.05, 3.63) is 29.3 Å². The van der Waals surface area contributed by atoms with E-state index in [4.69, 9.17) is 14.7 Å². The lowest BCUT2D eigenvalue weighted by atomic mass is 9.90. The third-order valence-corrected chi connectivity index (χ3v) is 2.64. The Labute approximate surface area is 93.4 Å². The highest BCUT2D eigenvalue weighted by atomic mass is 16.6. The van der Waals surface area contributed by atoms with E-state index in [9.17, 15) is 4.79 Å². The third-order valence-electron chi connectivity index (χ3n) is 2.64. The van der Waals surface area contributed by atoms with E-state index >= 15 is 0 Å². The Hall–Kier alpha value is -2.02. The minimum Gasteiger partial charge on any atom is -0.496 e. The lowest BCUT2D eigenvalue weighted by Gasteiger charge is -2.29. The summed E-state index contributed by atoms with van der Waals surface area (Å²) in [5.74, 6) is 0.153. The molecule has 0 amide bonds. The summed E-state index contributed by atoms with van der Waals surface area (Å²) >= 11 is 0. The zero-order chi connectivity index (χ0) is 11.8. The molecule has 0 fully saturated rings. The Balaban J connectivity index is 2.56. The summed E-state index contributed by atoms with van der Waals surface area (Å²) in [4.78, 5) is 11.7. The zero-order valence-corrected chi connectivity index (χ0v) is 9.11. The molecular formula is C12H11NO3. The lowest BCUT2D eigenvalue weighted by molar-refractivity contribution is 0.00815. The molecule has 1 aromatic carbocycles. The van der Waals surface area contributed by atoms with Crippen LogP contribution in [-0.4, -0.2) is 18.7 Å². The summed E-state index contributed by atoms with van der Waals surface area (Å²) in [6, 6.07) is 7.19. The average molecular weight is 217 g/mol. The molecule has 1 aromatic rings. The number of carbonyl (C=O) groups excluding carboxylic acids is 1. The Morgan fingerprint density at radius 3 is 2.94 bits per heavy atom. The van der Waals surface area contributed by atoms with Gasteiger partial charge < -0.3 is 9.47 Å². The minimum absolute atomic E-state index is 0.356. The van der Waals surface area contributed by atoms with Gasteiger partial charge in [-0.25, -0.2) is 4.79 Å². The van der Waals surface area contributed by atoms with Gasteiger partial charge >= 0.3 is 5.97 Å². The summed E-state index contributed by atoms with van der Waals surface area (Å²) in [5, 5.41) is 8.99. The Morgan fingerprint density at radius 1 is 1.56 bits per heavy atom. The van der Waals surface area contributed by atoms with Crippen molar-refractivity contribution < 1.29 is 14.3 Å². The average Bonchev–Trinajstić information content (AvgIpc) is 2.28. The third kappa shape index (κ3) is 1.50. The molecule has 16 heavy (non-hydrogen) atoms. The monoisotopic (exact) mass is 217 g/mol. The molecule has 1 atom stereocenters. The SMILES string of the molecule is COc1cccc2c1CC(C)(C#N)OC2=O. The van der Waals surface area contributed by atoms with Crippen molar-refractivity contribution >= 4 is 5.97 Å². The quantitative estimate of drug-likeness (QED) is 0.671. The molecular weight excluding hydrogens is 206 g/mol. The van der Waals surface area contributed by atoms with Crippen LogP contribution in [-0.2, 0) is 11.2 Å². The van der Waals surface area contributed by atoms with Crippen molar-refractivity contribution in [1.82, 2.24) is 0 Å². The van der Waals surface area contributed by atoms with Crippen LogP contribution >= 0.6 is 0 Å². The van der Waals surface area contributed by atoms with E-state index < -0.39 is 11.6 Å². The van der Waals surface area contributed by atoms with Crippen molar-refractivity contribution in [2.75, 3.05) is 7.11 Å². The minimum atomic E-state index is -1.10. The largest absolute Gasteiger partial charge is 0.496 e. The van der Waals surface area contributed by atoms with Gasteiger partial charge in [0.1, 0.15) is 11.8 Å². The van der Waals surface area contributed by atoms with Gasteiger partial charge in [-0.3, -0.25) is 0 Å². The highest BCUT2D eigenvalue weighted by Gasteiger charge is 2.37. The van der Waals surface area contributed by atoms with Gasteiger partial charge in [-0.1, -0.05) is 6.07 Å². The molecule has 0 aromatic heterocycles. The molecule has 1 aliphatic heterocycles. The van der Waals surface area contributed by atoms with Crippen molar-refractivity contribution in [3.8, 4) is 11.8 Å². The second kappa shape index (κ2) is 3.53. The smallest absolute Gasteiger partial charge is 0.340 e. The number of hydrogen-bond donors (Lipinski definition) is 0. The fourth-order valence-electron chi connectivity index (χ4n) is 1.83. The maximum absolute atomic E-state index is 11.7. The van der Waals surface area contributed by atoms with E-state index in [1.165, 1.54) is 0 Å². The number of rotatable bonds is 1. The van der Waals surface area contributed by atoms with Crippen molar-refractivity contribution in [1.29, 1.82) is 5.26 Å². The van der Waals surface area contributed by atoms with E-state index in [2.05, 4.69) is 0 Å². The first-order valence-corrected chi connectivity index (χ1v) is 4.90. The standard InChI is InChI=1S/C12H11NO3/c1-12(7-13)6-9-8(11(14)16-12)4-3-5-10(9)15-2/h3-5H,6H2,1-2H3. The van der Waals surface area contributed by atoms with Crippen molar-refractivity contribution in [2.24, 2.45) is 0 Å². The van der Waals surface area contributed by atoms with Crippen LogP contribution in [0.4, 0.5) is 0 Å². The number of fused-ring (bicyclic) bond motifs is 1. The normalized spacial score (nSPS) is 22.9. The second-order valence-electron chi connectivity index (χ2n) is 3.90. The molecule has 0 N–H and O–H groups in total. The van der Waals surface area contributed by atoms with Crippen LogP contribution in [0, 0.1) is 11.3 Å². The van der Waals surface area contributed by atoms with Gasteiger partial charge in [0, 0.05) is 12.0 Å². The van der Waals surface area contributed by atoms with Crippen molar-refractivity contribution in [3.63, 3.8) is 0 Å². The number of ether oxygens (including phenoxy) is 2. The van der Waals surface area contributed by atoms with E-state index in [0.717, 1.165) is 5.56 Å². The first-order valence-electron chi connectivity index (χ1n) is 4.90. The zero-order valence-electron chi connectivity index (χ0n) is 9.11. The summed E-state index contributed by atoms with van der Waals surface area (Å²) in [5.41, 5.74) is 0.121. The predicted molar refractivity (Wildman–Crippen MR) is 56.1 cm³/mol. The number of methoxy groups -OCH3 is 1. The molecule has 0 saturated carbocycles. The van der Waals surface area contributed by atoms with Gasteiger partial charge in [-0.2, -0.15) is 5.26 Å². The van der Waals surface area contributed by atoms with Crippen LogP contribution in [0.5, 0.6) is 5.75 Å². The van der Waals surface area contributed by atoms with Crippen molar-refractivity contribution in [2.45, 2.75) is 18.9 Å². The number of esters is 1. The van der Waals surface area contributed by atoms with E-state index in [-0.39, 0.29) is 0 Å². The van der Waals surface area contributed by atoms with Gasteiger partial charge in [0.15, 0.2) is 5.60 Å². The molecule has 2 rings (SSSR count). The number of nitrogens with zero attached hydrogens (tertiary/aromatic N) is 1. The molecule has 1 heterocycles. The molecule has 0 saturated heterocycles. The molecule has 0 aliphatic carbocycles. The molecule has 0 bridgehead atoms. The molecule has 0 radical (unpaired) electrons. The first kappa shape index (κ1) is 10.5. The molecule has 1 aliphatic rings. The van der Waals surface area contributed by atoms with Crippen LogP contribution < -0.4 is 4.74 Å². The Bertz CT molecular complexity index is 490. The summed E-state index contributed by atoms with van der Waals surface area (Å²) in [7, 11) is 1.54. The maximum atomic E-state index is 11.7. The van der Waals surface area contributed by atoms with Crippen LogP contribution in [0.25, 0.3) is 0 Å². The van der Waals surface area contributed by atoms with Gasteiger partial charge in [0.05, 0.1) is 12.7 Å². The number of benzene rings is 1. The number of nitriles is 1. The van der Waals surface area contributed by atoms with Crippen LogP contribution in [0.2, 0.25) is 0 Å². The fourth-order valence-corrected chi connectivity index (χ4v) is 1.83. The summed E-state index contributed by atoms with van der Waals surface area (Å²) in [6.07, 6.45) is 0.356. The molecule has 4 nitrogen and oxygen atoms in total. The first-order chi connectivity index (χ1) is 7.59. The number of carbonyl (C=O) groups is 1. The summed E-state index contributed by atoms with van der Waals surface area (Å²) < 4.78 is 10.3. The summed E-state index contributed by atoms with van der Waals surface area (Å²) in [6.45, 7) is 1.60. The van der Waals surface area contributed by atoms with E-state index in [0.29, 0.717) is 17.7 Å². The molecule has 1 unspecified atom stereocenters. The lowest BCUT2D eigenvalue weighted by Crippen LogP contribution is -2.37. The molecule has 4 heteroatoms. The van der Waals surface area contributed by atoms with E-state index in [1.807, 2.05) is 6.07 Å². The van der Waals surface area contributed by atoms with Crippen LogP contribution in [0.3, 0.4) is 0 Å². The number of cyclic esters (lactones) is 1. The Kier molecular flexibility index (Phi) is 2.31. The molecule has 0 spiro atoms. The molecule has 82 valence electrons. The fraction of sp³-hybridized carbons (Fsp3) is 0.333. The Morgan fingerprint density at radius 2 is 2.31 bits per heavy atom. The second-order valence-corrected chi connectivity index (χ2v) is 3.90. The topological polar surface area (TPSA) is 59.3 Å². The van der Waals surface area contributed by atoms with Crippen LogP contribution in [0.1, 0.15) is 22.8 Å². The van der Waals surface area contributed by atoms with Gasteiger partial charge in [-0.05, 0) is 19.1 Å². The predicted octanol–water partition coefficient (Wildman–Crippen LogP) is 1.69. The number of hydrogen-bond acceptors (Lipinski definition) is 4. The van der Waals surface area contributed by atoms with Gasteiger partial charge in [-0.15, -0.1) is 0 Å². The van der Waals surface area contributed by atoms with Gasteiger partial charge in [0.2, 0.25) is 0 Å². The highest BCUT2D eigenvalue weighted by Crippen LogP contribution is 2.33. The maximum Gasteiger partial charge on any atom is 0.340 e.